The molecule has 0 spiro atoms. The summed E-state index contributed by atoms with van der Waals surface area (Å²) in [7, 11) is -3.24. The zero-order valence-corrected chi connectivity index (χ0v) is 10.9. The van der Waals surface area contributed by atoms with E-state index in [0.29, 0.717) is 5.02 Å². The molecule has 1 atom stereocenters. The molecular formula is C9H10BrClO2S. The third-order valence-corrected chi connectivity index (χ3v) is 3.99. The van der Waals surface area contributed by atoms with Gasteiger partial charge in [-0.1, -0.05) is 39.7 Å². The highest BCUT2D eigenvalue weighted by Crippen LogP contribution is 2.33. The van der Waals surface area contributed by atoms with Crippen LogP contribution in [-0.4, -0.2) is 14.7 Å². The third kappa shape index (κ3) is 2.49. The van der Waals surface area contributed by atoms with Crippen LogP contribution in [0.5, 0.6) is 0 Å². The molecule has 5 heteroatoms. The van der Waals surface area contributed by atoms with Crippen molar-refractivity contribution in [1.82, 2.24) is 0 Å². The highest BCUT2D eigenvalue weighted by molar-refractivity contribution is 9.09. The van der Waals surface area contributed by atoms with Crippen LogP contribution >= 0.6 is 27.5 Å². The summed E-state index contributed by atoms with van der Waals surface area (Å²) in [5.74, 6) is 0. The first-order valence-corrected chi connectivity index (χ1v) is 7.15. The third-order valence-electron chi connectivity index (χ3n) is 1.82. The van der Waals surface area contributed by atoms with Gasteiger partial charge in [0, 0.05) is 11.1 Å². The molecule has 0 aliphatic carbocycles. The number of sulfone groups is 1. The lowest BCUT2D eigenvalue weighted by molar-refractivity contribution is 0.602. The van der Waals surface area contributed by atoms with E-state index in [4.69, 9.17) is 11.6 Å². The summed E-state index contributed by atoms with van der Waals surface area (Å²) < 4.78 is 22.7. The van der Waals surface area contributed by atoms with Crippen LogP contribution in [0.4, 0.5) is 0 Å². The fourth-order valence-corrected chi connectivity index (χ4v) is 3.11. The average molecular weight is 298 g/mol. The molecule has 0 aliphatic rings. The number of rotatable bonds is 2. The lowest BCUT2D eigenvalue weighted by Crippen LogP contribution is -2.00. The van der Waals surface area contributed by atoms with Crippen molar-refractivity contribution in [2.24, 2.45) is 0 Å². The van der Waals surface area contributed by atoms with Crippen molar-refractivity contribution in [3.8, 4) is 0 Å². The van der Waals surface area contributed by atoms with E-state index in [2.05, 4.69) is 15.9 Å². The standard InChI is InChI=1S/C9H10BrClO2S/c1-6(10)7-4-3-5-8(9(7)11)14(2,12)13/h3-6H,1-2H3. The van der Waals surface area contributed by atoms with Gasteiger partial charge in [-0.25, -0.2) is 8.42 Å². The molecule has 0 saturated carbocycles. The van der Waals surface area contributed by atoms with Crippen molar-refractivity contribution in [1.29, 1.82) is 0 Å². The van der Waals surface area contributed by atoms with Gasteiger partial charge in [-0.05, 0) is 18.6 Å². The first-order valence-electron chi connectivity index (χ1n) is 3.96. The Labute approximate surface area is 97.3 Å². The molecule has 1 aromatic carbocycles. The highest BCUT2D eigenvalue weighted by atomic mass is 79.9. The molecule has 0 bridgehead atoms. The molecule has 2 nitrogen and oxygen atoms in total. The molecule has 0 fully saturated rings. The molecule has 0 aliphatic heterocycles. The molecule has 0 heterocycles. The van der Waals surface area contributed by atoms with Crippen LogP contribution in [0.2, 0.25) is 5.02 Å². The van der Waals surface area contributed by atoms with Gasteiger partial charge in [0.2, 0.25) is 0 Å². The summed E-state index contributed by atoms with van der Waals surface area (Å²) in [6.07, 6.45) is 1.15. The Morgan fingerprint density at radius 2 is 2.00 bits per heavy atom. The average Bonchev–Trinajstić information content (AvgIpc) is 2.01. The van der Waals surface area contributed by atoms with Crippen molar-refractivity contribution in [2.45, 2.75) is 16.6 Å². The van der Waals surface area contributed by atoms with E-state index in [0.717, 1.165) is 11.8 Å². The second-order valence-corrected chi connectivity index (χ2v) is 6.78. The predicted molar refractivity (Wildman–Crippen MR) is 61.9 cm³/mol. The Morgan fingerprint density at radius 1 is 1.43 bits per heavy atom. The van der Waals surface area contributed by atoms with E-state index in [-0.39, 0.29) is 9.72 Å². The topological polar surface area (TPSA) is 34.1 Å². The molecular weight excluding hydrogens is 288 g/mol. The Bertz CT molecular complexity index is 440. The summed E-state index contributed by atoms with van der Waals surface area (Å²) >= 11 is 9.33. The minimum absolute atomic E-state index is 0.0386. The van der Waals surface area contributed by atoms with Crippen LogP contribution in [0.25, 0.3) is 0 Å². The van der Waals surface area contributed by atoms with Gasteiger partial charge in [-0.2, -0.15) is 0 Å². The van der Waals surface area contributed by atoms with Gasteiger partial charge in [0.25, 0.3) is 0 Å². The van der Waals surface area contributed by atoms with Crippen molar-refractivity contribution in [3.63, 3.8) is 0 Å². The summed E-state index contributed by atoms with van der Waals surface area (Å²) in [5.41, 5.74) is 0.787. The minimum Gasteiger partial charge on any atom is -0.224 e. The summed E-state index contributed by atoms with van der Waals surface area (Å²) in [4.78, 5) is 0.222. The fourth-order valence-electron chi connectivity index (χ4n) is 1.12. The Kier molecular flexibility index (Phi) is 3.61. The summed E-state index contributed by atoms with van der Waals surface area (Å²) in [5, 5.41) is 0.305. The van der Waals surface area contributed by atoms with Crippen LogP contribution in [0.3, 0.4) is 0 Å². The van der Waals surface area contributed by atoms with E-state index >= 15 is 0 Å². The number of benzene rings is 1. The van der Waals surface area contributed by atoms with E-state index in [1.54, 1.807) is 12.1 Å². The molecule has 0 saturated heterocycles. The van der Waals surface area contributed by atoms with Gasteiger partial charge < -0.3 is 0 Å². The second kappa shape index (κ2) is 4.21. The zero-order valence-electron chi connectivity index (χ0n) is 7.79. The maximum Gasteiger partial charge on any atom is 0.177 e. The Balaban J connectivity index is 3.43. The highest BCUT2D eigenvalue weighted by Gasteiger charge is 2.16. The van der Waals surface area contributed by atoms with Gasteiger partial charge in [-0.3, -0.25) is 0 Å². The normalized spacial score (nSPS) is 14.0. The molecule has 0 radical (unpaired) electrons. The van der Waals surface area contributed by atoms with Crippen molar-refractivity contribution >= 4 is 37.4 Å². The molecule has 14 heavy (non-hydrogen) atoms. The van der Waals surface area contributed by atoms with E-state index in [1.165, 1.54) is 6.07 Å². The van der Waals surface area contributed by atoms with Gasteiger partial charge in [0.05, 0.1) is 9.92 Å². The molecule has 1 aromatic rings. The van der Waals surface area contributed by atoms with Gasteiger partial charge >= 0.3 is 0 Å². The van der Waals surface area contributed by atoms with Gasteiger partial charge in [0.15, 0.2) is 9.84 Å². The molecule has 78 valence electrons. The Hall–Kier alpha value is -0.0600. The number of hydrogen-bond donors (Lipinski definition) is 0. The van der Waals surface area contributed by atoms with Gasteiger partial charge in [0.1, 0.15) is 0 Å². The zero-order chi connectivity index (χ0) is 10.9. The lowest BCUT2D eigenvalue weighted by Gasteiger charge is -2.09. The molecule has 0 aromatic heterocycles. The minimum atomic E-state index is -3.24. The predicted octanol–water partition coefficient (Wildman–Crippen LogP) is 3.20. The largest absolute Gasteiger partial charge is 0.224 e. The van der Waals surface area contributed by atoms with Crippen molar-refractivity contribution in [2.75, 3.05) is 6.26 Å². The van der Waals surface area contributed by atoms with Crippen molar-refractivity contribution in [3.05, 3.63) is 28.8 Å². The van der Waals surface area contributed by atoms with Crippen molar-refractivity contribution < 1.29 is 8.42 Å². The lowest BCUT2D eigenvalue weighted by atomic mass is 10.2. The number of hydrogen-bond acceptors (Lipinski definition) is 2. The SMILES string of the molecule is CC(Br)c1cccc(S(C)(=O)=O)c1Cl. The van der Waals surface area contributed by atoms with Crippen LogP contribution in [0.1, 0.15) is 17.3 Å². The first-order chi connectivity index (χ1) is 6.34. The molecule has 0 N–H and O–H groups in total. The van der Waals surface area contributed by atoms with Crippen LogP contribution in [0, 0.1) is 0 Å². The molecule has 0 amide bonds. The smallest absolute Gasteiger partial charge is 0.177 e. The first kappa shape index (κ1) is 12.0. The summed E-state index contributed by atoms with van der Waals surface area (Å²) in [6, 6.07) is 5.00. The van der Waals surface area contributed by atoms with E-state index in [9.17, 15) is 8.42 Å². The number of halogens is 2. The van der Waals surface area contributed by atoms with Gasteiger partial charge in [-0.15, -0.1) is 0 Å². The van der Waals surface area contributed by atoms with Crippen LogP contribution in [0.15, 0.2) is 23.1 Å². The Morgan fingerprint density at radius 3 is 2.43 bits per heavy atom. The quantitative estimate of drug-likeness (QED) is 0.786. The van der Waals surface area contributed by atoms with Crippen LogP contribution in [-0.2, 0) is 9.84 Å². The molecule has 1 rings (SSSR count). The monoisotopic (exact) mass is 296 g/mol. The van der Waals surface area contributed by atoms with E-state index in [1.807, 2.05) is 6.92 Å². The molecule has 1 unspecified atom stereocenters. The maximum absolute atomic E-state index is 11.3. The van der Waals surface area contributed by atoms with Crippen LogP contribution < -0.4 is 0 Å². The second-order valence-electron chi connectivity index (χ2n) is 3.05. The van der Waals surface area contributed by atoms with E-state index < -0.39 is 9.84 Å². The fraction of sp³-hybridized carbons (Fsp3) is 0.333. The maximum atomic E-state index is 11.3. The summed E-state index contributed by atoms with van der Waals surface area (Å²) in [6.45, 7) is 1.90. The number of alkyl halides is 1.